The van der Waals surface area contributed by atoms with E-state index in [1.807, 2.05) is 0 Å². The number of hydrogen-bond donors (Lipinski definition) is 1. The minimum Gasteiger partial charge on any atom is -0.293 e. The molecule has 0 aliphatic heterocycles. The van der Waals surface area contributed by atoms with Gasteiger partial charge in [-0.3, -0.25) is 4.79 Å². The van der Waals surface area contributed by atoms with Gasteiger partial charge in [0.15, 0.2) is 5.78 Å². The van der Waals surface area contributed by atoms with E-state index in [1.54, 1.807) is 20.8 Å². The van der Waals surface area contributed by atoms with Crippen molar-refractivity contribution in [1.82, 2.24) is 4.72 Å². The van der Waals surface area contributed by atoms with Crippen LogP contribution in [-0.2, 0) is 10.0 Å². The van der Waals surface area contributed by atoms with E-state index in [0.29, 0.717) is 5.56 Å². The molecule has 100 valence electrons. The fourth-order valence-corrected chi connectivity index (χ4v) is 2.93. The molecule has 0 aliphatic rings. The Morgan fingerprint density at radius 2 is 1.72 bits per heavy atom. The van der Waals surface area contributed by atoms with E-state index in [1.165, 1.54) is 24.3 Å². The molecule has 0 spiro atoms. The second kappa shape index (κ2) is 5.38. The maximum absolute atomic E-state index is 12.0. The van der Waals surface area contributed by atoms with Crippen molar-refractivity contribution in [1.29, 1.82) is 0 Å². The van der Waals surface area contributed by atoms with Crippen LogP contribution in [0.2, 0.25) is 0 Å². The van der Waals surface area contributed by atoms with Crippen LogP contribution in [-0.4, -0.2) is 25.6 Å². The van der Waals surface area contributed by atoms with Gasteiger partial charge in [-0.1, -0.05) is 12.1 Å². The molecule has 1 rings (SSSR count). The Morgan fingerprint density at radius 1 is 1.22 bits per heavy atom. The SMILES string of the molecule is CC(C)(C)NS(=O)(=O)c1ccc(C(=O)CCl)cc1. The fourth-order valence-electron chi connectivity index (χ4n) is 1.36. The zero-order valence-electron chi connectivity index (χ0n) is 10.5. The zero-order valence-corrected chi connectivity index (χ0v) is 12.1. The number of sulfonamides is 1. The molecular weight excluding hydrogens is 274 g/mol. The molecule has 0 aliphatic carbocycles. The molecule has 0 fully saturated rings. The number of hydrogen-bond acceptors (Lipinski definition) is 3. The highest BCUT2D eigenvalue weighted by molar-refractivity contribution is 7.89. The molecule has 0 amide bonds. The van der Waals surface area contributed by atoms with E-state index in [9.17, 15) is 13.2 Å². The molecular formula is C12H16ClNO3S. The smallest absolute Gasteiger partial charge is 0.241 e. The van der Waals surface area contributed by atoms with Crippen LogP contribution in [0.5, 0.6) is 0 Å². The Morgan fingerprint density at radius 3 is 2.11 bits per heavy atom. The Balaban J connectivity index is 3.02. The summed E-state index contributed by atoms with van der Waals surface area (Å²) in [6, 6.07) is 5.71. The highest BCUT2D eigenvalue weighted by atomic mass is 35.5. The molecule has 1 N–H and O–H groups in total. The van der Waals surface area contributed by atoms with Gasteiger partial charge in [0, 0.05) is 11.1 Å². The summed E-state index contributed by atoms with van der Waals surface area (Å²) in [4.78, 5) is 11.4. The lowest BCUT2D eigenvalue weighted by Crippen LogP contribution is -2.40. The summed E-state index contributed by atoms with van der Waals surface area (Å²) in [5, 5.41) is 0. The first-order chi connectivity index (χ1) is 8.15. The van der Waals surface area contributed by atoms with Crippen LogP contribution in [0.1, 0.15) is 31.1 Å². The molecule has 0 radical (unpaired) electrons. The monoisotopic (exact) mass is 289 g/mol. The Hall–Kier alpha value is -0.910. The number of benzene rings is 1. The number of carbonyl (C=O) groups is 1. The Kier molecular flexibility index (Phi) is 4.53. The third-order valence-electron chi connectivity index (χ3n) is 2.05. The molecule has 6 heteroatoms. The van der Waals surface area contributed by atoms with Crippen molar-refractivity contribution in [2.24, 2.45) is 0 Å². The van der Waals surface area contributed by atoms with Crippen LogP contribution in [0, 0.1) is 0 Å². The quantitative estimate of drug-likeness (QED) is 0.682. The van der Waals surface area contributed by atoms with Gasteiger partial charge in [0.2, 0.25) is 10.0 Å². The lowest BCUT2D eigenvalue weighted by atomic mass is 10.1. The van der Waals surface area contributed by atoms with E-state index < -0.39 is 15.6 Å². The van der Waals surface area contributed by atoms with Crippen molar-refractivity contribution in [3.8, 4) is 0 Å². The van der Waals surface area contributed by atoms with Crippen molar-refractivity contribution in [3.63, 3.8) is 0 Å². The number of halogens is 1. The molecule has 0 atom stereocenters. The van der Waals surface area contributed by atoms with Crippen molar-refractivity contribution in [2.75, 3.05) is 5.88 Å². The third-order valence-corrected chi connectivity index (χ3v) is 4.07. The largest absolute Gasteiger partial charge is 0.293 e. The number of ketones is 1. The summed E-state index contributed by atoms with van der Waals surface area (Å²) < 4.78 is 26.5. The molecule has 1 aromatic carbocycles. The van der Waals surface area contributed by atoms with Crippen molar-refractivity contribution in [3.05, 3.63) is 29.8 Å². The van der Waals surface area contributed by atoms with Crippen LogP contribution in [0.3, 0.4) is 0 Å². The molecule has 0 saturated heterocycles. The molecule has 0 saturated carbocycles. The van der Waals surface area contributed by atoms with Gasteiger partial charge in [-0.05, 0) is 32.9 Å². The first kappa shape index (κ1) is 15.1. The van der Waals surface area contributed by atoms with Gasteiger partial charge in [0.1, 0.15) is 0 Å². The standard InChI is InChI=1S/C12H16ClNO3S/c1-12(2,3)14-18(16,17)10-6-4-9(5-7-10)11(15)8-13/h4-7,14H,8H2,1-3H3. The van der Waals surface area contributed by atoms with Gasteiger partial charge < -0.3 is 0 Å². The van der Waals surface area contributed by atoms with E-state index >= 15 is 0 Å². The van der Waals surface area contributed by atoms with Crippen LogP contribution in [0.4, 0.5) is 0 Å². The molecule has 0 heterocycles. The average Bonchev–Trinajstić information content (AvgIpc) is 2.25. The molecule has 0 aromatic heterocycles. The van der Waals surface area contributed by atoms with Crippen LogP contribution >= 0.6 is 11.6 Å². The summed E-state index contributed by atoms with van der Waals surface area (Å²) in [5.74, 6) is -0.351. The topological polar surface area (TPSA) is 63.2 Å². The lowest BCUT2D eigenvalue weighted by molar-refractivity contribution is 0.102. The predicted octanol–water partition coefficient (Wildman–Crippen LogP) is 2.18. The highest BCUT2D eigenvalue weighted by Gasteiger charge is 2.21. The molecule has 18 heavy (non-hydrogen) atoms. The number of Topliss-reactive ketones (excluding diaryl/α,β-unsaturated/α-hetero) is 1. The molecule has 0 bridgehead atoms. The normalized spacial score (nSPS) is 12.4. The van der Waals surface area contributed by atoms with Crippen molar-refractivity contribution >= 4 is 27.4 Å². The average molecular weight is 290 g/mol. The van der Waals surface area contributed by atoms with Gasteiger partial charge in [0.05, 0.1) is 10.8 Å². The number of nitrogens with one attached hydrogen (secondary N) is 1. The Labute approximate surface area is 112 Å². The minimum atomic E-state index is -3.56. The van der Waals surface area contributed by atoms with Crippen molar-refractivity contribution < 1.29 is 13.2 Å². The number of rotatable bonds is 4. The van der Waals surface area contributed by atoms with E-state index in [2.05, 4.69) is 4.72 Å². The summed E-state index contributed by atoms with van der Waals surface area (Å²) in [6.45, 7) is 5.28. The lowest BCUT2D eigenvalue weighted by Gasteiger charge is -2.20. The van der Waals surface area contributed by atoms with Gasteiger partial charge >= 0.3 is 0 Å². The Bertz CT molecular complexity index is 529. The van der Waals surface area contributed by atoms with Crippen molar-refractivity contribution in [2.45, 2.75) is 31.2 Å². The molecule has 1 aromatic rings. The summed E-state index contributed by atoms with van der Waals surface area (Å²) in [5.41, 5.74) is -0.150. The first-order valence-corrected chi connectivity index (χ1v) is 7.41. The summed E-state index contributed by atoms with van der Waals surface area (Å²) in [6.07, 6.45) is 0. The van der Waals surface area contributed by atoms with E-state index in [0.717, 1.165) is 0 Å². The fraction of sp³-hybridized carbons (Fsp3) is 0.417. The van der Waals surface area contributed by atoms with Crippen LogP contribution in [0.25, 0.3) is 0 Å². The second-order valence-corrected chi connectivity index (χ2v) is 6.89. The molecule has 4 nitrogen and oxygen atoms in total. The second-order valence-electron chi connectivity index (χ2n) is 4.94. The summed E-state index contributed by atoms with van der Waals surface area (Å²) in [7, 11) is -3.56. The third kappa shape index (κ3) is 4.08. The molecule has 0 unspecified atom stereocenters. The highest BCUT2D eigenvalue weighted by Crippen LogP contribution is 2.14. The number of carbonyl (C=O) groups excluding carboxylic acids is 1. The van der Waals surface area contributed by atoms with Gasteiger partial charge in [0.25, 0.3) is 0 Å². The first-order valence-electron chi connectivity index (χ1n) is 5.39. The van der Waals surface area contributed by atoms with Gasteiger partial charge in [-0.25, -0.2) is 13.1 Å². The van der Waals surface area contributed by atoms with Crippen LogP contribution < -0.4 is 4.72 Å². The van der Waals surface area contributed by atoms with Crippen LogP contribution in [0.15, 0.2) is 29.2 Å². The van der Waals surface area contributed by atoms with Gasteiger partial charge in [-0.2, -0.15) is 0 Å². The minimum absolute atomic E-state index is 0.119. The number of alkyl halides is 1. The van der Waals surface area contributed by atoms with Gasteiger partial charge in [-0.15, -0.1) is 11.6 Å². The zero-order chi connectivity index (χ0) is 14.0. The maximum Gasteiger partial charge on any atom is 0.241 e. The van der Waals surface area contributed by atoms with E-state index in [-0.39, 0.29) is 16.6 Å². The predicted molar refractivity (Wildman–Crippen MR) is 71.6 cm³/mol. The maximum atomic E-state index is 12.0. The van der Waals surface area contributed by atoms with E-state index in [4.69, 9.17) is 11.6 Å². The summed E-state index contributed by atoms with van der Waals surface area (Å²) >= 11 is 5.42.